The molecule has 0 saturated carbocycles. The Kier molecular flexibility index (Phi) is 3.75. The highest BCUT2D eigenvalue weighted by Gasteiger charge is 2.40. The number of rotatable bonds is 1. The Hall–Kier alpha value is -0.790. The Morgan fingerprint density at radius 2 is 1.76 bits per heavy atom. The van der Waals surface area contributed by atoms with E-state index in [1.165, 1.54) is 12.5 Å². The van der Waals surface area contributed by atoms with Crippen LogP contribution in [0.1, 0.15) is 54.9 Å². The molecule has 0 aliphatic heterocycles. The smallest absolute Gasteiger partial charge is 0.303 e. The first kappa shape index (κ1) is 14.3. The van der Waals surface area contributed by atoms with Crippen molar-refractivity contribution in [3.63, 3.8) is 0 Å². The fourth-order valence-corrected chi connectivity index (χ4v) is 2.63. The highest BCUT2D eigenvalue weighted by Crippen LogP contribution is 2.47. The maximum Gasteiger partial charge on any atom is 0.303 e. The van der Waals surface area contributed by atoms with Crippen molar-refractivity contribution in [2.45, 2.75) is 61.0 Å². The predicted octanol–water partition coefficient (Wildman–Crippen LogP) is 3.96. The Morgan fingerprint density at radius 3 is 2.06 bits per heavy atom. The number of hydrogen-bond donors (Lipinski definition) is 0. The summed E-state index contributed by atoms with van der Waals surface area (Å²) < 4.78 is 5.35. The van der Waals surface area contributed by atoms with E-state index in [0.717, 1.165) is 6.42 Å². The molecule has 0 radical (unpaired) electrons. The number of allylic oxidation sites excluding steroid dienone is 1. The largest absolute Gasteiger partial charge is 0.458 e. The quantitative estimate of drug-likeness (QED) is 0.510. The topological polar surface area (TPSA) is 26.3 Å². The maximum atomic E-state index is 11.1. The van der Waals surface area contributed by atoms with Gasteiger partial charge in [-0.05, 0) is 29.2 Å². The third-order valence-corrected chi connectivity index (χ3v) is 3.44. The van der Waals surface area contributed by atoms with Crippen LogP contribution in [0, 0.1) is 16.7 Å². The first-order valence-electron chi connectivity index (χ1n) is 6.41. The second-order valence-electron chi connectivity index (χ2n) is 7.17. The lowest BCUT2D eigenvalue weighted by Gasteiger charge is -2.35. The molecule has 0 saturated heterocycles. The molecule has 0 aromatic heterocycles. The zero-order valence-corrected chi connectivity index (χ0v) is 12.3. The molecule has 0 N–H and O–H groups in total. The SMILES string of the molecule is CC(=O)O[C@H]1C=C(C(C)(C)C)C(C(C)(C)C)C1. The number of carbonyl (C=O) groups is 1. The van der Waals surface area contributed by atoms with Crippen LogP contribution < -0.4 is 0 Å². The molecule has 0 amide bonds. The molecule has 0 bridgehead atoms. The van der Waals surface area contributed by atoms with Crippen LogP contribution in [0.2, 0.25) is 0 Å². The van der Waals surface area contributed by atoms with Crippen LogP contribution in [0.15, 0.2) is 11.6 Å². The monoisotopic (exact) mass is 238 g/mol. The van der Waals surface area contributed by atoms with E-state index >= 15 is 0 Å². The van der Waals surface area contributed by atoms with Crippen molar-refractivity contribution < 1.29 is 9.53 Å². The van der Waals surface area contributed by atoms with Gasteiger partial charge in [0.2, 0.25) is 0 Å². The van der Waals surface area contributed by atoms with Crippen molar-refractivity contribution in [2.24, 2.45) is 16.7 Å². The molecule has 0 aromatic carbocycles. The first-order valence-corrected chi connectivity index (χ1v) is 6.41. The van der Waals surface area contributed by atoms with Crippen molar-refractivity contribution in [3.8, 4) is 0 Å². The van der Waals surface area contributed by atoms with E-state index in [1.807, 2.05) is 0 Å². The van der Waals surface area contributed by atoms with Gasteiger partial charge in [0.05, 0.1) is 0 Å². The Bertz CT molecular complexity index is 326. The summed E-state index contributed by atoms with van der Waals surface area (Å²) in [6.45, 7) is 14.9. The minimum absolute atomic E-state index is 0.0362. The van der Waals surface area contributed by atoms with Crippen molar-refractivity contribution in [1.82, 2.24) is 0 Å². The van der Waals surface area contributed by atoms with Gasteiger partial charge in [-0.25, -0.2) is 0 Å². The van der Waals surface area contributed by atoms with Gasteiger partial charge in [-0.1, -0.05) is 47.1 Å². The van der Waals surface area contributed by atoms with Gasteiger partial charge in [-0.15, -0.1) is 0 Å². The summed E-state index contributed by atoms with van der Waals surface area (Å²) in [6.07, 6.45) is 3.05. The minimum Gasteiger partial charge on any atom is -0.458 e. The lowest BCUT2D eigenvalue weighted by atomic mass is 9.69. The highest BCUT2D eigenvalue weighted by molar-refractivity contribution is 5.66. The van der Waals surface area contributed by atoms with E-state index < -0.39 is 0 Å². The second-order valence-corrected chi connectivity index (χ2v) is 7.17. The summed E-state index contributed by atoms with van der Waals surface area (Å²) in [5.74, 6) is 0.306. The molecule has 1 aliphatic carbocycles. The molecule has 2 heteroatoms. The fourth-order valence-electron chi connectivity index (χ4n) is 2.63. The molecule has 0 fully saturated rings. The molecule has 1 rings (SSSR count). The average molecular weight is 238 g/mol. The van der Waals surface area contributed by atoms with Gasteiger partial charge in [-0.2, -0.15) is 0 Å². The molecule has 98 valence electrons. The first-order chi connectivity index (χ1) is 7.51. The van der Waals surface area contributed by atoms with E-state index in [9.17, 15) is 4.79 Å². The van der Waals surface area contributed by atoms with E-state index in [-0.39, 0.29) is 22.9 Å². The molecule has 1 aliphatic rings. The van der Waals surface area contributed by atoms with Gasteiger partial charge in [0.15, 0.2) is 0 Å². The third-order valence-electron chi connectivity index (χ3n) is 3.44. The van der Waals surface area contributed by atoms with E-state index in [1.54, 1.807) is 0 Å². The summed E-state index contributed by atoms with van der Waals surface area (Å²) in [5.41, 5.74) is 1.79. The number of hydrogen-bond acceptors (Lipinski definition) is 2. The van der Waals surface area contributed by atoms with Gasteiger partial charge in [0.25, 0.3) is 0 Å². The third kappa shape index (κ3) is 3.58. The zero-order chi connectivity index (χ0) is 13.4. The molecule has 1 unspecified atom stereocenters. The van der Waals surface area contributed by atoms with Gasteiger partial charge in [0.1, 0.15) is 6.10 Å². The van der Waals surface area contributed by atoms with Gasteiger partial charge in [-0.3, -0.25) is 4.79 Å². The number of ether oxygens (including phenoxy) is 1. The van der Waals surface area contributed by atoms with Crippen LogP contribution in [0.25, 0.3) is 0 Å². The molecule has 0 spiro atoms. The van der Waals surface area contributed by atoms with Gasteiger partial charge < -0.3 is 4.74 Å². The van der Waals surface area contributed by atoms with Crippen LogP contribution in [0.3, 0.4) is 0 Å². The van der Waals surface area contributed by atoms with Crippen molar-refractivity contribution in [2.75, 3.05) is 0 Å². The molecule has 2 atom stereocenters. The summed E-state index contributed by atoms with van der Waals surface area (Å²) in [7, 11) is 0. The Labute approximate surface area is 105 Å². The minimum atomic E-state index is -0.186. The summed E-state index contributed by atoms with van der Waals surface area (Å²) >= 11 is 0. The molecule has 0 heterocycles. The predicted molar refractivity (Wildman–Crippen MR) is 70.7 cm³/mol. The average Bonchev–Trinajstić information content (AvgIpc) is 2.44. The molecule has 0 aromatic rings. The summed E-state index contributed by atoms with van der Waals surface area (Å²) in [5, 5.41) is 0. The second kappa shape index (κ2) is 4.47. The van der Waals surface area contributed by atoms with E-state index in [0.29, 0.717) is 5.92 Å². The van der Waals surface area contributed by atoms with Gasteiger partial charge >= 0.3 is 5.97 Å². The molecule has 2 nitrogen and oxygen atoms in total. The lowest BCUT2D eigenvalue weighted by Crippen LogP contribution is -2.27. The molecular formula is C15H26O2. The van der Waals surface area contributed by atoms with Crippen LogP contribution in [0.4, 0.5) is 0 Å². The maximum absolute atomic E-state index is 11.1. The van der Waals surface area contributed by atoms with Crippen molar-refractivity contribution in [1.29, 1.82) is 0 Å². The van der Waals surface area contributed by atoms with Crippen LogP contribution >= 0.6 is 0 Å². The Morgan fingerprint density at radius 1 is 1.24 bits per heavy atom. The lowest BCUT2D eigenvalue weighted by molar-refractivity contribution is -0.144. The van der Waals surface area contributed by atoms with Crippen LogP contribution in [0.5, 0.6) is 0 Å². The summed E-state index contributed by atoms with van der Waals surface area (Å²) in [4.78, 5) is 11.1. The highest BCUT2D eigenvalue weighted by atomic mass is 16.5. The van der Waals surface area contributed by atoms with Crippen molar-refractivity contribution in [3.05, 3.63) is 11.6 Å². The van der Waals surface area contributed by atoms with Crippen LogP contribution in [-0.2, 0) is 9.53 Å². The van der Waals surface area contributed by atoms with Crippen molar-refractivity contribution >= 4 is 5.97 Å². The fraction of sp³-hybridized carbons (Fsp3) is 0.800. The van der Waals surface area contributed by atoms with Crippen LogP contribution in [-0.4, -0.2) is 12.1 Å². The molecule has 17 heavy (non-hydrogen) atoms. The summed E-state index contributed by atoms with van der Waals surface area (Å²) in [6, 6.07) is 0. The number of carbonyl (C=O) groups excluding carboxylic acids is 1. The number of esters is 1. The molecular weight excluding hydrogens is 212 g/mol. The van der Waals surface area contributed by atoms with E-state index in [4.69, 9.17) is 4.74 Å². The normalized spacial score (nSPS) is 25.7. The van der Waals surface area contributed by atoms with Gasteiger partial charge in [0, 0.05) is 6.92 Å². The van der Waals surface area contributed by atoms with E-state index in [2.05, 4.69) is 47.6 Å². The zero-order valence-electron chi connectivity index (χ0n) is 12.3. The Balaban J connectivity index is 2.96. The standard InChI is InChI=1S/C15H26O2/c1-10(16)17-11-8-12(14(2,3)4)13(9-11)15(5,6)7/h8,11,13H,9H2,1-7H3/t11-,13?/m0/s1.